The van der Waals surface area contributed by atoms with Crippen molar-refractivity contribution in [1.82, 2.24) is 5.32 Å². The van der Waals surface area contributed by atoms with Gasteiger partial charge in [0.1, 0.15) is 5.82 Å². The molecule has 6 nitrogen and oxygen atoms in total. The summed E-state index contributed by atoms with van der Waals surface area (Å²) in [5.41, 5.74) is -0.609. The van der Waals surface area contributed by atoms with Crippen molar-refractivity contribution in [3.63, 3.8) is 0 Å². The molecule has 1 saturated carbocycles. The second kappa shape index (κ2) is 5.31. The highest BCUT2D eigenvalue weighted by Gasteiger charge is 2.29. The summed E-state index contributed by atoms with van der Waals surface area (Å²) in [5, 5.41) is 22.6. The van der Waals surface area contributed by atoms with Crippen molar-refractivity contribution in [3.05, 3.63) is 39.7 Å². The maximum Gasteiger partial charge on any atom is 0.273 e. The average molecular weight is 268 g/mol. The van der Waals surface area contributed by atoms with Gasteiger partial charge in [0.15, 0.2) is 0 Å². The molecule has 1 unspecified atom stereocenters. The Bertz CT molecular complexity index is 516. The zero-order valence-corrected chi connectivity index (χ0v) is 10.0. The van der Waals surface area contributed by atoms with E-state index in [0.717, 1.165) is 31.0 Å². The van der Waals surface area contributed by atoms with Crippen molar-refractivity contribution in [3.8, 4) is 0 Å². The maximum atomic E-state index is 13.2. The van der Waals surface area contributed by atoms with Crippen LogP contribution in [0.3, 0.4) is 0 Å². The average Bonchev–Trinajstić information content (AvgIpc) is 3.18. The molecule has 19 heavy (non-hydrogen) atoms. The van der Waals surface area contributed by atoms with Gasteiger partial charge in [-0.3, -0.25) is 14.9 Å². The van der Waals surface area contributed by atoms with Gasteiger partial charge in [-0.2, -0.15) is 0 Å². The number of nitro benzene ring substituents is 1. The Labute approximate surface area is 108 Å². The summed E-state index contributed by atoms with van der Waals surface area (Å²) >= 11 is 0. The highest BCUT2D eigenvalue weighted by atomic mass is 19.1. The molecule has 1 aliphatic carbocycles. The molecule has 102 valence electrons. The van der Waals surface area contributed by atoms with Gasteiger partial charge >= 0.3 is 0 Å². The zero-order valence-electron chi connectivity index (χ0n) is 10.0. The molecule has 1 aromatic rings. The Morgan fingerprint density at radius 3 is 2.79 bits per heavy atom. The van der Waals surface area contributed by atoms with Crippen LogP contribution in [-0.4, -0.2) is 28.6 Å². The van der Waals surface area contributed by atoms with E-state index in [1.807, 2.05) is 0 Å². The van der Waals surface area contributed by atoms with Crippen molar-refractivity contribution in [2.24, 2.45) is 5.92 Å². The summed E-state index contributed by atoms with van der Waals surface area (Å²) in [6.07, 6.45) is 1.25. The van der Waals surface area contributed by atoms with E-state index in [-0.39, 0.29) is 18.0 Å². The Hall–Kier alpha value is -2.02. The first-order valence-electron chi connectivity index (χ1n) is 5.88. The lowest BCUT2D eigenvalue weighted by Gasteiger charge is -2.10. The number of carbonyl (C=O) groups is 1. The summed E-state index contributed by atoms with van der Waals surface area (Å²) in [6.45, 7) is 0.0633. The van der Waals surface area contributed by atoms with E-state index in [2.05, 4.69) is 5.32 Å². The van der Waals surface area contributed by atoms with Crippen LogP contribution in [-0.2, 0) is 0 Å². The first kappa shape index (κ1) is 13.4. The number of hydrogen-bond acceptors (Lipinski definition) is 4. The minimum absolute atomic E-state index is 0.0633. The van der Waals surface area contributed by atoms with E-state index < -0.39 is 28.4 Å². The van der Waals surface area contributed by atoms with Gasteiger partial charge in [0.05, 0.1) is 17.1 Å². The predicted octanol–water partition coefficient (Wildman–Crippen LogP) is 1.23. The molecule has 0 aliphatic heterocycles. The number of nitrogens with zero attached hydrogens (tertiary/aromatic N) is 1. The van der Waals surface area contributed by atoms with Gasteiger partial charge in [-0.1, -0.05) is 0 Å². The molecule has 0 aromatic heterocycles. The van der Waals surface area contributed by atoms with E-state index >= 15 is 0 Å². The number of nitro groups is 1. The summed E-state index contributed by atoms with van der Waals surface area (Å²) in [4.78, 5) is 21.5. The third kappa shape index (κ3) is 3.47. The lowest BCUT2D eigenvalue weighted by molar-refractivity contribution is -0.385. The van der Waals surface area contributed by atoms with Gasteiger partial charge in [-0.15, -0.1) is 0 Å². The third-order valence-electron chi connectivity index (χ3n) is 2.99. The number of carbonyl (C=O) groups excluding carboxylic acids is 1. The van der Waals surface area contributed by atoms with Gasteiger partial charge < -0.3 is 10.4 Å². The SMILES string of the molecule is O=C(NCC(O)C1CC1)c1cc(F)cc([N+](=O)[O-])c1. The van der Waals surface area contributed by atoms with Crippen molar-refractivity contribution in [1.29, 1.82) is 0 Å². The molecule has 0 bridgehead atoms. The molecule has 1 atom stereocenters. The fourth-order valence-electron chi connectivity index (χ4n) is 1.76. The molecular weight excluding hydrogens is 255 g/mol. The van der Waals surface area contributed by atoms with Crippen LogP contribution in [0, 0.1) is 21.8 Å². The molecule has 0 radical (unpaired) electrons. The van der Waals surface area contributed by atoms with Gasteiger partial charge in [-0.25, -0.2) is 4.39 Å². The monoisotopic (exact) mass is 268 g/mol. The minimum atomic E-state index is -0.845. The lowest BCUT2D eigenvalue weighted by atomic mass is 10.1. The quantitative estimate of drug-likeness (QED) is 0.620. The first-order chi connectivity index (χ1) is 8.97. The minimum Gasteiger partial charge on any atom is -0.391 e. The van der Waals surface area contributed by atoms with Crippen LogP contribution in [0.5, 0.6) is 0 Å². The molecule has 1 aliphatic rings. The van der Waals surface area contributed by atoms with Crippen molar-refractivity contribution >= 4 is 11.6 Å². The van der Waals surface area contributed by atoms with Crippen LogP contribution >= 0.6 is 0 Å². The number of non-ortho nitro benzene ring substituents is 1. The molecule has 1 fully saturated rings. The highest BCUT2D eigenvalue weighted by Crippen LogP contribution is 2.32. The molecule has 7 heteroatoms. The molecule has 1 amide bonds. The second-order valence-electron chi connectivity index (χ2n) is 4.57. The number of aliphatic hydroxyl groups excluding tert-OH is 1. The Morgan fingerprint density at radius 2 is 2.21 bits per heavy atom. The van der Waals surface area contributed by atoms with E-state index in [1.165, 1.54) is 0 Å². The smallest absolute Gasteiger partial charge is 0.273 e. The molecule has 0 heterocycles. The van der Waals surface area contributed by atoms with Gasteiger partial charge in [0.2, 0.25) is 0 Å². The fourth-order valence-corrected chi connectivity index (χ4v) is 1.76. The number of rotatable bonds is 5. The number of hydrogen-bond donors (Lipinski definition) is 2. The maximum absolute atomic E-state index is 13.2. The predicted molar refractivity (Wildman–Crippen MR) is 64.1 cm³/mol. The van der Waals surface area contributed by atoms with E-state index in [4.69, 9.17) is 0 Å². The van der Waals surface area contributed by atoms with Crippen LogP contribution in [0.1, 0.15) is 23.2 Å². The number of benzene rings is 1. The van der Waals surface area contributed by atoms with Gasteiger partial charge in [0, 0.05) is 18.2 Å². The van der Waals surface area contributed by atoms with Crippen LogP contribution in [0.2, 0.25) is 0 Å². The van der Waals surface area contributed by atoms with Crippen LogP contribution in [0.25, 0.3) is 0 Å². The summed E-state index contributed by atoms with van der Waals surface area (Å²) in [5.74, 6) is -1.27. The Morgan fingerprint density at radius 1 is 1.53 bits per heavy atom. The molecular formula is C12H13FN2O4. The largest absolute Gasteiger partial charge is 0.391 e. The summed E-state index contributed by atoms with van der Waals surface area (Å²) < 4.78 is 13.2. The van der Waals surface area contributed by atoms with Gasteiger partial charge in [-0.05, 0) is 24.8 Å². The van der Waals surface area contributed by atoms with E-state index in [1.54, 1.807) is 0 Å². The normalized spacial score (nSPS) is 15.9. The zero-order chi connectivity index (χ0) is 14.0. The van der Waals surface area contributed by atoms with Gasteiger partial charge in [0.25, 0.3) is 11.6 Å². The fraction of sp³-hybridized carbons (Fsp3) is 0.417. The van der Waals surface area contributed by atoms with Crippen molar-refractivity contribution in [2.45, 2.75) is 18.9 Å². The number of nitrogens with one attached hydrogen (secondary N) is 1. The van der Waals surface area contributed by atoms with Crippen molar-refractivity contribution in [2.75, 3.05) is 6.54 Å². The van der Waals surface area contributed by atoms with E-state index in [9.17, 15) is 24.4 Å². The topological polar surface area (TPSA) is 92.5 Å². The first-order valence-corrected chi connectivity index (χ1v) is 5.88. The second-order valence-corrected chi connectivity index (χ2v) is 4.57. The van der Waals surface area contributed by atoms with Crippen LogP contribution in [0.15, 0.2) is 18.2 Å². The Kier molecular flexibility index (Phi) is 3.75. The van der Waals surface area contributed by atoms with Crippen molar-refractivity contribution < 1.29 is 19.2 Å². The molecule has 1 aromatic carbocycles. The lowest BCUT2D eigenvalue weighted by Crippen LogP contribution is -2.33. The van der Waals surface area contributed by atoms with Crippen LogP contribution in [0.4, 0.5) is 10.1 Å². The number of halogens is 1. The molecule has 0 saturated heterocycles. The summed E-state index contributed by atoms with van der Waals surface area (Å²) in [7, 11) is 0. The Balaban J connectivity index is 2.03. The molecule has 2 N–H and O–H groups in total. The third-order valence-corrected chi connectivity index (χ3v) is 2.99. The molecule has 0 spiro atoms. The number of amides is 1. The van der Waals surface area contributed by atoms with Crippen LogP contribution < -0.4 is 5.32 Å². The highest BCUT2D eigenvalue weighted by molar-refractivity contribution is 5.94. The number of aliphatic hydroxyl groups is 1. The standard InChI is InChI=1S/C12H13FN2O4/c13-9-3-8(4-10(5-9)15(18)19)12(17)14-6-11(16)7-1-2-7/h3-5,7,11,16H,1-2,6H2,(H,14,17). The summed E-state index contributed by atoms with van der Waals surface area (Å²) in [6, 6.07) is 2.67. The molecule has 2 rings (SSSR count). The van der Waals surface area contributed by atoms with E-state index in [0.29, 0.717) is 0 Å².